The largest absolute Gasteiger partial charge is 0.327 e. The Morgan fingerprint density at radius 3 is 1.46 bits per heavy atom. The maximum absolute atomic E-state index is 6.19. The van der Waals surface area contributed by atoms with Gasteiger partial charge in [0.1, 0.15) is 0 Å². The second-order valence-electron chi connectivity index (χ2n) is 6.81. The summed E-state index contributed by atoms with van der Waals surface area (Å²) in [7, 11) is 0. The monoisotopic (exact) mass is 344 g/mol. The molecule has 0 amide bonds. The van der Waals surface area contributed by atoms with E-state index in [1.165, 1.54) is 38.5 Å². The van der Waals surface area contributed by atoms with Crippen molar-refractivity contribution in [2.75, 3.05) is 19.8 Å². The van der Waals surface area contributed by atoms with Crippen LogP contribution in [0.5, 0.6) is 0 Å². The van der Waals surface area contributed by atoms with Gasteiger partial charge in [-0.3, -0.25) is 0 Å². The van der Waals surface area contributed by atoms with E-state index in [0.29, 0.717) is 25.7 Å². The van der Waals surface area contributed by atoms with Gasteiger partial charge in [0.15, 0.2) is 0 Å². The van der Waals surface area contributed by atoms with E-state index >= 15 is 0 Å². The minimum absolute atomic E-state index is 0.313. The first-order valence-corrected chi connectivity index (χ1v) is 10.6. The Bertz CT molecular complexity index is 234. The fourth-order valence-electron chi connectivity index (χ4n) is 3.01. The zero-order chi connectivity index (χ0) is 18.1. The molecule has 0 radical (unpaired) electrons. The van der Waals surface area contributed by atoms with Gasteiger partial charge in [-0.15, -0.1) is 0 Å². The highest BCUT2D eigenvalue weighted by Gasteiger charge is 2.41. The van der Waals surface area contributed by atoms with Crippen LogP contribution in [0.2, 0.25) is 0 Å². The Hall–Kier alpha value is -0.120. The van der Waals surface area contributed by atoms with E-state index in [4.69, 9.17) is 14.2 Å². The normalized spacial score (nSPS) is 13.4. The molecule has 24 heavy (non-hydrogen) atoms. The van der Waals surface area contributed by atoms with Crippen molar-refractivity contribution < 1.29 is 14.2 Å². The third kappa shape index (κ3) is 10.0. The topological polar surface area (TPSA) is 27.7 Å². The number of ether oxygens (including phenoxy) is 3. The minimum atomic E-state index is -0.833. The molecule has 0 rings (SSSR count). The molecular formula is C21H44O3. The molecule has 0 heterocycles. The molecule has 0 aliphatic heterocycles. The van der Waals surface area contributed by atoms with E-state index in [0.717, 1.165) is 32.1 Å². The van der Waals surface area contributed by atoms with Crippen LogP contribution in [0.1, 0.15) is 105 Å². The second-order valence-corrected chi connectivity index (χ2v) is 6.81. The van der Waals surface area contributed by atoms with Gasteiger partial charge in [0.2, 0.25) is 0 Å². The summed E-state index contributed by atoms with van der Waals surface area (Å²) < 4.78 is 18.6. The zero-order valence-corrected chi connectivity index (χ0v) is 17.2. The lowest BCUT2D eigenvalue weighted by molar-refractivity contribution is -0.406. The third-order valence-corrected chi connectivity index (χ3v) is 4.42. The quantitative estimate of drug-likeness (QED) is 0.204. The molecule has 146 valence electrons. The van der Waals surface area contributed by atoms with Crippen LogP contribution in [-0.4, -0.2) is 25.8 Å². The van der Waals surface area contributed by atoms with E-state index in [1.807, 2.05) is 0 Å². The van der Waals surface area contributed by atoms with Gasteiger partial charge < -0.3 is 14.2 Å². The summed E-state index contributed by atoms with van der Waals surface area (Å²) in [5.41, 5.74) is 0. The van der Waals surface area contributed by atoms with E-state index in [2.05, 4.69) is 34.6 Å². The Balaban J connectivity index is 4.72. The molecule has 0 aliphatic rings. The molecule has 0 spiro atoms. The molecule has 1 unspecified atom stereocenters. The summed E-state index contributed by atoms with van der Waals surface area (Å²) in [6, 6.07) is 0. The molecule has 3 heteroatoms. The molecule has 0 bridgehead atoms. The van der Waals surface area contributed by atoms with Gasteiger partial charge in [0.05, 0.1) is 19.8 Å². The molecule has 3 nitrogen and oxygen atoms in total. The number of rotatable bonds is 18. The van der Waals surface area contributed by atoms with E-state index in [-0.39, 0.29) is 0 Å². The van der Waals surface area contributed by atoms with Gasteiger partial charge in [0.25, 0.3) is 5.97 Å². The molecule has 0 N–H and O–H groups in total. The van der Waals surface area contributed by atoms with Crippen LogP contribution in [-0.2, 0) is 14.2 Å². The molecule has 0 saturated carbocycles. The summed E-state index contributed by atoms with van der Waals surface area (Å²) in [5, 5.41) is 0. The molecule has 0 aliphatic carbocycles. The standard InChI is InChI=1S/C21H44O3/c1-6-11-12-13-14-15-16-20(10-5)21(22-17-7-2,23-18-8-3)24-19-9-4/h20H,6-19H2,1-5H3. The highest BCUT2D eigenvalue weighted by Crippen LogP contribution is 2.33. The van der Waals surface area contributed by atoms with Gasteiger partial charge in [-0.1, -0.05) is 73.1 Å². The van der Waals surface area contributed by atoms with Crippen molar-refractivity contribution in [3.05, 3.63) is 0 Å². The lowest BCUT2D eigenvalue weighted by atomic mass is 9.95. The van der Waals surface area contributed by atoms with Crippen LogP contribution >= 0.6 is 0 Å². The minimum Gasteiger partial charge on any atom is -0.327 e. The maximum Gasteiger partial charge on any atom is 0.285 e. The summed E-state index contributed by atoms with van der Waals surface area (Å²) in [6.45, 7) is 13.0. The van der Waals surface area contributed by atoms with Crippen LogP contribution in [0.3, 0.4) is 0 Å². The van der Waals surface area contributed by atoms with Gasteiger partial charge in [-0.05, 0) is 32.1 Å². The number of hydrogen-bond acceptors (Lipinski definition) is 3. The van der Waals surface area contributed by atoms with Crippen molar-refractivity contribution in [1.82, 2.24) is 0 Å². The average molecular weight is 345 g/mol. The molecular weight excluding hydrogens is 300 g/mol. The average Bonchev–Trinajstić information content (AvgIpc) is 2.61. The van der Waals surface area contributed by atoms with Gasteiger partial charge in [-0.2, -0.15) is 0 Å². The van der Waals surface area contributed by atoms with Crippen LogP contribution < -0.4 is 0 Å². The van der Waals surface area contributed by atoms with Crippen molar-refractivity contribution in [3.63, 3.8) is 0 Å². The number of hydrogen-bond donors (Lipinski definition) is 0. The van der Waals surface area contributed by atoms with E-state index in [9.17, 15) is 0 Å². The predicted molar refractivity (Wildman–Crippen MR) is 103 cm³/mol. The third-order valence-electron chi connectivity index (χ3n) is 4.42. The van der Waals surface area contributed by atoms with Crippen molar-refractivity contribution in [1.29, 1.82) is 0 Å². The van der Waals surface area contributed by atoms with Crippen LogP contribution in [0, 0.1) is 5.92 Å². The van der Waals surface area contributed by atoms with Crippen molar-refractivity contribution >= 4 is 0 Å². The smallest absolute Gasteiger partial charge is 0.285 e. The lowest BCUT2D eigenvalue weighted by Gasteiger charge is -2.39. The van der Waals surface area contributed by atoms with Crippen molar-refractivity contribution in [2.24, 2.45) is 5.92 Å². The summed E-state index contributed by atoms with van der Waals surface area (Å²) >= 11 is 0. The molecule has 0 fully saturated rings. The predicted octanol–water partition coefficient (Wildman–Crippen LogP) is 6.70. The molecule has 0 aromatic rings. The number of unbranched alkanes of at least 4 members (excludes halogenated alkanes) is 5. The molecule has 0 saturated heterocycles. The SMILES string of the molecule is CCCCCCCCC(CC)C(OCCC)(OCCC)OCCC. The summed E-state index contributed by atoms with van der Waals surface area (Å²) in [5.74, 6) is -0.520. The first kappa shape index (κ1) is 23.9. The summed E-state index contributed by atoms with van der Waals surface area (Å²) in [6.07, 6.45) is 13.0. The molecule has 0 aromatic heterocycles. The van der Waals surface area contributed by atoms with Crippen molar-refractivity contribution in [2.45, 2.75) is 111 Å². The molecule has 0 aromatic carbocycles. The van der Waals surface area contributed by atoms with Crippen LogP contribution in [0.25, 0.3) is 0 Å². The molecule has 1 atom stereocenters. The Morgan fingerprint density at radius 1 is 0.583 bits per heavy atom. The maximum atomic E-state index is 6.19. The zero-order valence-electron chi connectivity index (χ0n) is 17.2. The van der Waals surface area contributed by atoms with Crippen LogP contribution in [0.15, 0.2) is 0 Å². The fraction of sp³-hybridized carbons (Fsp3) is 1.00. The Kier molecular flexibility index (Phi) is 16.3. The summed E-state index contributed by atoms with van der Waals surface area (Å²) in [4.78, 5) is 0. The first-order chi connectivity index (χ1) is 11.7. The van der Waals surface area contributed by atoms with Crippen molar-refractivity contribution in [3.8, 4) is 0 Å². The highest BCUT2D eigenvalue weighted by molar-refractivity contribution is 4.72. The van der Waals surface area contributed by atoms with Crippen LogP contribution in [0.4, 0.5) is 0 Å². The van der Waals surface area contributed by atoms with Gasteiger partial charge >= 0.3 is 0 Å². The van der Waals surface area contributed by atoms with E-state index < -0.39 is 5.97 Å². The Labute approximate surface area is 151 Å². The van der Waals surface area contributed by atoms with Gasteiger partial charge in [0, 0.05) is 5.92 Å². The first-order valence-electron chi connectivity index (χ1n) is 10.6. The van der Waals surface area contributed by atoms with E-state index in [1.54, 1.807) is 0 Å². The van der Waals surface area contributed by atoms with Gasteiger partial charge in [-0.25, -0.2) is 0 Å². The fourth-order valence-corrected chi connectivity index (χ4v) is 3.01. The second kappa shape index (κ2) is 16.4. The lowest BCUT2D eigenvalue weighted by Crippen LogP contribution is -2.47. The Morgan fingerprint density at radius 2 is 1.04 bits per heavy atom. The highest BCUT2D eigenvalue weighted by atomic mass is 16.9.